The Morgan fingerprint density at radius 3 is 2.67 bits per heavy atom. The quantitative estimate of drug-likeness (QED) is 0.632. The standard InChI is InChI=1S/C17H27ClN2O5S2/c1-6-20(16(21)25-17(2,3)4)13-11-19(8-7-9-24-5)27(22,23)15-12(13)10-14(18)26-15/h10,13H,6-9,11H2,1-5H3/t13-/m0/s1. The lowest BCUT2D eigenvalue weighted by molar-refractivity contribution is 0.0143. The molecule has 1 aliphatic rings. The molecule has 154 valence electrons. The number of amides is 1. The van der Waals surface area contributed by atoms with Crippen molar-refractivity contribution in [2.24, 2.45) is 0 Å². The van der Waals surface area contributed by atoms with Crippen molar-refractivity contribution >= 4 is 39.1 Å². The van der Waals surface area contributed by atoms with Gasteiger partial charge in [0.15, 0.2) is 0 Å². The number of ether oxygens (including phenoxy) is 2. The molecule has 0 aromatic carbocycles. The van der Waals surface area contributed by atoms with Crippen LogP contribution in [-0.4, -0.2) is 62.7 Å². The molecule has 0 aliphatic carbocycles. The van der Waals surface area contributed by atoms with Crippen molar-refractivity contribution in [3.63, 3.8) is 0 Å². The van der Waals surface area contributed by atoms with E-state index in [1.807, 2.05) is 6.92 Å². The molecule has 2 rings (SSSR count). The van der Waals surface area contributed by atoms with Crippen molar-refractivity contribution in [2.45, 2.75) is 50.0 Å². The smallest absolute Gasteiger partial charge is 0.410 e. The minimum Gasteiger partial charge on any atom is -0.444 e. The maximum Gasteiger partial charge on any atom is 0.410 e. The van der Waals surface area contributed by atoms with E-state index in [0.29, 0.717) is 36.0 Å². The number of nitrogens with zero attached hydrogens (tertiary/aromatic N) is 2. The number of halogens is 1. The van der Waals surface area contributed by atoms with Gasteiger partial charge in [-0.1, -0.05) is 11.6 Å². The first-order valence-electron chi connectivity index (χ1n) is 8.79. The third-order valence-corrected chi connectivity index (χ3v) is 7.78. The molecule has 10 heteroatoms. The number of hydrogen-bond donors (Lipinski definition) is 0. The number of carbonyl (C=O) groups is 1. The van der Waals surface area contributed by atoms with Gasteiger partial charge in [-0.05, 0) is 40.2 Å². The molecule has 0 unspecified atom stereocenters. The molecule has 0 spiro atoms. The van der Waals surface area contributed by atoms with E-state index >= 15 is 0 Å². The normalized spacial score (nSPS) is 19.6. The number of fused-ring (bicyclic) bond motifs is 1. The lowest BCUT2D eigenvalue weighted by atomic mass is 10.1. The maximum atomic E-state index is 13.0. The van der Waals surface area contributed by atoms with E-state index in [9.17, 15) is 13.2 Å². The van der Waals surface area contributed by atoms with Crippen molar-refractivity contribution in [1.29, 1.82) is 0 Å². The Morgan fingerprint density at radius 2 is 2.11 bits per heavy atom. The molecule has 1 aliphatic heterocycles. The van der Waals surface area contributed by atoms with Gasteiger partial charge in [-0.25, -0.2) is 13.2 Å². The van der Waals surface area contributed by atoms with Crippen LogP contribution in [0, 0.1) is 0 Å². The third kappa shape index (κ3) is 5.14. The lowest BCUT2D eigenvalue weighted by Gasteiger charge is -2.38. The predicted octanol–water partition coefficient (Wildman–Crippen LogP) is 3.74. The van der Waals surface area contributed by atoms with Gasteiger partial charge in [0, 0.05) is 38.9 Å². The zero-order valence-corrected chi connectivity index (χ0v) is 18.7. The molecule has 0 saturated carbocycles. The Bertz CT molecular complexity index is 773. The Balaban J connectivity index is 2.40. The number of likely N-dealkylation sites (N-methyl/N-ethyl adjacent to an activating group) is 1. The summed E-state index contributed by atoms with van der Waals surface area (Å²) in [7, 11) is -2.07. The summed E-state index contributed by atoms with van der Waals surface area (Å²) in [5, 5.41) is 0. The molecule has 1 aromatic heterocycles. The van der Waals surface area contributed by atoms with E-state index in [0.717, 1.165) is 11.3 Å². The highest BCUT2D eigenvalue weighted by atomic mass is 35.5. The van der Waals surface area contributed by atoms with Crippen LogP contribution in [0.3, 0.4) is 0 Å². The van der Waals surface area contributed by atoms with Gasteiger partial charge in [0.25, 0.3) is 10.0 Å². The van der Waals surface area contributed by atoms with Gasteiger partial charge in [0.1, 0.15) is 9.81 Å². The molecule has 1 amide bonds. The maximum absolute atomic E-state index is 13.0. The molecule has 0 bridgehead atoms. The van der Waals surface area contributed by atoms with Crippen molar-refractivity contribution in [2.75, 3.05) is 33.4 Å². The molecule has 1 atom stereocenters. The monoisotopic (exact) mass is 438 g/mol. The van der Waals surface area contributed by atoms with Crippen molar-refractivity contribution < 1.29 is 22.7 Å². The molecule has 1 aromatic rings. The van der Waals surface area contributed by atoms with Gasteiger partial charge in [0.2, 0.25) is 0 Å². The van der Waals surface area contributed by atoms with Gasteiger partial charge < -0.3 is 14.4 Å². The Labute approximate surface area is 170 Å². The van der Waals surface area contributed by atoms with Crippen LogP contribution in [0.15, 0.2) is 10.3 Å². The van der Waals surface area contributed by atoms with E-state index in [2.05, 4.69) is 0 Å². The molecule has 0 N–H and O–H groups in total. The largest absolute Gasteiger partial charge is 0.444 e. The second-order valence-corrected chi connectivity index (χ2v) is 11.1. The van der Waals surface area contributed by atoms with Crippen LogP contribution in [0.5, 0.6) is 0 Å². The Morgan fingerprint density at radius 1 is 1.44 bits per heavy atom. The van der Waals surface area contributed by atoms with Crippen molar-refractivity contribution in [3.05, 3.63) is 16.0 Å². The summed E-state index contributed by atoms with van der Waals surface area (Å²) in [6.45, 7) is 8.56. The van der Waals surface area contributed by atoms with E-state index in [1.54, 1.807) is 38.8 Å². The summed E-state index contributed by atoms with van der Waals surface area (Å²) in [5.41, 5.74) is -0.0842. The molecule has 0 fully saturated rings. The van der Waals surface area contributed by atoms with Crippen LogP contribution < -0.4 is 0 Å². The zero-order chi connectivity index (χ0) is 20.4. The molecule has 2 heterocycles. The lowest BCUT2D eigenvalue weighted by Crippen LogP contribution is -2.48. The summed E-state index contributed by atoms with van der Waals surface area (Å²) >= 11 is 7.16. The van der Waals surface area contributed by atoms with Crippen LogP contribution in [0.4, 0.5) is 4.79 Å². The van der Waals surface area contributed by atoms with Gasteiger partial charge in [0.05, 0.1) is 10.4 Å². The fourth-order valence-corrected chi connectivity index (χ4v) is 6.56. The highest BCUT2D eigenvalue weighted by molar-refractivity contribution is 7.91. The highest BCUT2D eigenvalue weighted by Crippen LogP contribution is 2.43. The fourth-order valence-electron chi connectivity index (χ4n) is 2.96. The van der Waals surface area contributed by atoms with E-state index < -0.39 is 27.8 Å². The molecule has 0 radical (unpaired) electrons. The number of methoxy groups -OCH3 is 1. The number of rotatable bonds is 6. The van der Waals surface area contributed by atoms with E-state index in [1.165, 1.54) is 4.31 Å². The van der Waals surface area contributed by atoms with Gasteiger partial charge in [-0.2, -0.15) is 4.31 Å². The molecule has 0 saturated heterocycles. The first-order valence-corrected chi connectivity index (χ1v) is 11.4. The van der Waals surface area contributed by atoms with Crippen LogP contribution in [-0.2, 0) is 19.5 Å². The molecular weight excluding hydrogens is 412 g/mol. The summed E-state index contributed by atoms with van der Waals surface area (Å²) < 4.78 is 38.5. The fraction of sp³-hybridized carbons (Fsp3) is 0.706. The number of carbonyl (C=O) groups excluding carboxylic acids is 1. The first kappa shape index (κ1) is 22.4. The number of sulfonamides is 1. The molecular formula is C17H27ClN2O5S2. The topological polar surface area (TPSA) is 76.2 Å². The summed E-state index contributed by atoms with van der Waals surface area (Å²) in [6.07, 6.45) is 0.0922. The van der Waals surface area contributed by atoms with Gasteiger partial charge in [-0.15, -0.1) is 11.3 Å². The first-order chi connectivity index (χ1) is 12.5. The van der Waals surface area contributed by atoms with Crippen LogP contribution in [0.25, 0.3) is 0 Å². The number of hydrogen-bond acceptors (Lipinski definition) is 6. The van der Waals surface area contributed by atoms with Gasteiger partial charge >= 0.3 is 6.09 Å². The highest BCUT2D eigenvalue weighted by Gasteiger charge is 2.42. The second kappa shape index (κ2) is 8.65. The van der Waals surface area contributed by atoms with Crippen molar-refractivity contribution in [1.82, 2.24) is 9.21 Å². The van der Waals surface area contributed by atoms with Crippen LogP contribution in [0.1, 0.15) is 45.7 Å². The average molecular weight is 439 g/mol. The zero-order valence-electron chi connectivity index (χ0n) is 16.3. The second-order valence-electron chi connectivity index (χ2n) is 7.28. The minimum atomic E-state index is -3.64. The minimum absolute atomic E-state index is 0.166. The molecule has 27 heavy (non-hydrogen) atoms. The number of thiophene rings is 1. The van der Waals surface area contributed by atoms with Crippen molar-refractivity contribution in [3.8, 4) is 0 Å². The van der Waals surface area contributed by atoms with Crippen LogP contribution in [0.2, 0.25) is 4.34 Å². The van der Waals surface area contributed by atoms with E-state index in [4.69, 9.17) is 21.1 Å². The summed E-state index contributed by atoms with van der Waals surface area (Å²) in [5.74, 6) is 0. The Kier molecular flexibility index (Phi) is 7.18. The predicted molar refractivity (Wildman–Crippen MR) is 106 cm³/mol. The van der Waals surface area contributed by atoms with Crippen LogP contribution >= 0.6 is 22.9 Å². The summed E-state index contributed by atoms with van der Waals surface area (Å²) in [6, 6.07) is 1.19. The van der Waals surface area contributed by atoms with E-state index in [-0.39, 0.29) is 10.8 Å². The average Bonchev–Trinajstić information content (AvgIpc) is 2.93. The summed E-state index contributed by atoms with van der Waals surface area (Å²) in [4.78, 5) is 14.3. The Hall–Kier alpha value is -0.870. The third-order valence-electron chi connectivity index (χ3n) is 4.11. The SMILES string of the molecule is CCN(C(=O)OC(C)(C)C)[C@H]1CN(CCCOC)S(=O)(=O)c2sc(Cl)cc21. The molecule has 7 nitrogen and oxygen atoms in total. The van der Waals surface area contributed by atoms with Gasteiger partial charge in [-0.3, -0.25) is 0 Å².